The van der Waals surface area contributed by atoms with Crippen LogP contribution in [0, 0.1) is 5.82 Å². The van der Waals surface area contributed by atoms with Gasteiger partial charge >= 0.3 is 0 Å². The summed E-state index contributed by atoms with van der Waals surface area (Å²) in [6, 6.07) is 6.18. The maximum Gasteiger partial charge on any atom is 0.123 e. The fourth-order valence-electron chi connectivity index (χ4n) is 2.43. The largest absolute Gasteiger partial charge is 0.494 e. The molecule has 20 heavy (non-hydrogen) atoms. The minimum Gasteiger partial charge on any atom is -0.494 e. The summed E-state index contributed by atoms with van der Waals surface area (Å²) in [5, 5.41) is 0. The molecule has 0 aliphatic carbocycles. The molecule has 5 heteroatoms. The van der Waals surface area contributed by atoms with Gasteiger partial charge in [0.1, 0.15) is 11.6 Å². The van der Waals surface area contributed by atoms with Crippen LogP contribution < -0.4 is 10.5 Å². The summed E-state index contributed by atoms with van der Waals surface area (Å²) in [6.07, 6.45) is 0.994. The van der Waals surface area contributed by atoms with Crippen molar-refractivity contribution < 1.29 is 9.13 Å². The second-order valence-electron chi connectivity index (χ2n) is 5.13. The van der Waals surface area contributed by atoms with Gasteiger partial charge in [0.2, 0.25) is 0 Å². The van der Waals surface area contributed by atoms with E-state index in [0.717, 1.165) is 58.0 Å². The van der Waals surface area contributed by atoms with Crippen LogP contribution in [0.4, 0.5) is 4.39 Å². The molecule has 0 spiro atoms. The fraction of sp³-hybridized carbons (Fsp3) is 0.600. The third-order valence-corrected chi connectivity index (χ3v) is 3.61. The van der Waals surface area contributed by atoms with E-state index in [9.17, 15) is 4.39 Å². The van der Waals surface area contributed by atoms with Crippen molar-refractivity contribution in [3.8, 4) is 5.75 Å². The van der Waals surface area contributed by atoms with Gasteiger partial charge in [-0.05, 0) is 30.7 Å². The highest BCUT2D eigenvalue weighted by molar-refractivity contribution is 5.21. The van der Waals surface area contributed by atoms with Crippen molar-refractivity contribution in [3.05, 3.63) is 30.1 Å². The summed E-state index contributed by atoms with van der Waals surface area (Å²) in [5.41, 5.74) is 5.56. The molecular formula is C15H24FN3O. The van der Waals surface area contributed by atoms with Crippen molar-refractivity contribution >= 4 is 0 Å². The van der Waals surface area contributed by atoms with Crippen LogP contribution in [-0.4, -0.2) is 62.2 Å². The van der Waals surface area contributed by atoms with Crippen LogP contribution in [0.5, 0.6) is 5.75 Å². The van der Waals surface area contributed by atoms with Gasteiger partial charge in [-0.15, -0.1) is 0 Å². The molecule has 1 saturated heterocycles. The lowest BCUT2D eigenvalue weighted by molar-refractivity contribution is 0.128. The van der Waals surface area contributed by atoms with Gasteiger partial charge in [-0.25, -0.2) is 4.39 Å². The van der Waals surface area contributed by atoms with Crippen molar-refractivity contribution in [2.45, 2.75) is 6.42 Å². The predicted molar refractivity (Wildman–Crippen MR) is 78.4 cm³/mol. The van der Waals surface area contributed by atoms with Crippen molar-refractivity contribution in [1.29, 1.82) is 0 Å². The lowest BCUT2D eigenvalue weighted by Gasteiger charge is -2.34. The molecule has 112 valence electrons. The van der Waals surface area contributed by atoms with Crippen LogP contribution in [-0.2, 0) is 0 Å². The molecule has 0 saturated carbocycles. The summed E-state index contributed by atoms with van der Waals surface area (Å²) in [5.74, 6) is 0.506. The number of rotatable bonds is 7. The number of nitrogens with zero attached hydrogens (tertiary/aromatic N) is 2. The van der Waals surface area contributed by atoms with E-state index in [1.807, 2.05) is 0 Å². The number of benzene rings is 1. The molecule has 1 aromatic carbocycles. The summed E-state index contributed by atoms with van der Waals surface area (Å²) in [4.78, 5) is 4.87. The third-order valence-electron chi connectivity index (χ3n) is 3.61. The second kappa shape index (κ2) is 8.19. The Kier molecular flexibility index (Phi) is 6.24. The van der Waals surface area contributed by atoms with E-state index in [-0.39, 0.29) is 5.82 Å². The van der Waals surface area contributed by atoms with E-state index in [4.69, 9.17) is 10.5 Å². The van der Waals surface area contributed by atoms with Crippen LogP contribution >= 0.6 is 0 Å². The number of halogens is 1. The summed E-state index contributed by atoms with van der Waals surface area (Å²) >= 11 is 0. The standard InChI is InChI=1S/C15H24FN3O/c16-14-2-4-15(5-3-14)20-13-1-7-18-9-11-19(8-6-17)12-10-18/h2-5H,1,6-13,17H2. The average Bonchev–Trinajstić information content (AvgIpc) is 2.47. The number of hydrogen-bond donors (Lipinski definition) is 1. The highest BCUT2D eigenvalue weighted by Gasteiger charge is 2.15. The van der Waals surface area contributed by atoms with Crippen LogP contribution in [0.25, 0.3) is 0 Å². The van der Waals surface area contributed by atoms with Gasteiger partial charge < -0.3 is 15.4 Å². The maximum absolute atomic E-state index is 12.7. The van der Waals surface area contributed by atoms with Crippen molar-refractivity contribution in [1.82, 2.24) is 9.80 Å². The van der Waals surface area contributed by atoms with Crippen molar-refractivity contribution in [3.63, 3.8) is 0 Å². The summed E-state index contributed by atoms with van der Waals surface area (Å²) in [6.45, 7) is 7.90. The molecule has 0 radical (unpaired) electrons. The van der Waals surface area contributed by atoms with Gasteiger partial charge in [0.25, 0.3) is 0 Å². The Hall–Kier alpha value is -1.17. The highest BCUT2D eigenvalue weighted by atomic mass is 19.1. The molecule has 2 N–H and O–H groups in total. The lowest BCUT2D eigenvalue weighted by atomic mass is 10.3. The number of ether oxygens (including phenoxy) is 1. The van der Waals surface area contributed by atoms with Gasteiger partial charge in [0.15, 0.2) is 0 Å². The Labute approximate surface area is 120 Å². The molecule has 0 aromatic heterocycles. The Balaban J connectivity index is 1.56. The molecule has 1 aliphatic rings. The molecule has 0 atom stereocenters. The van der Waals surface area contributed by atoms with Crippen molar-refractivity contribution in [2.75, 3.05) is 52.4 Å². The Morgan fingerprint density at radius 2 is 1.60 bits per heavy atom. The average molecular weight is 281 g/mol. The molecular weight excluding hydrogens is 257 g/mol. The van der Waals surface area contributed by atoms with Crippen LogP contribution in [0.3, 0.4) is 0 Å². The molecule has 1 aromatic rings. The molecule has 1 heterocycles. The van der Waals surface area contributed by atoms with E-state index < -0.39 is 0 Å². The zero-order valence-corrected chi connectivity index (χ0v) is 11.9. The Morgan fingerprint density at radius 1 is 1.00 bits per heavy atom. The van der Waals surface area contributed by atoms with Gasteiger partial charge in [-0.2, -0.15) is 0 Å². The van der Waals surface area contributed by atoms with Gasteiger partial charge in [-0.3, -0.25) is 4.90 Å². The minimum absolute atomic E-state index is 0.229. The van der Waals surface area contributed by atoms with Crippen LogP contribution in [0.15, 0.2) is 24.3 Å². The highest BCUT2D eigenvalue weighted by Crippen LogP contribution is 2.11. The van der Waals surface area contributed by atoms with Gasteiger partial charge in [-0.1, -0.05) is 0 Å². The lowest BCUT2D eigenvalue weighted by Crippen LogP contribution is -2.48. The quantitative estimate of drug-likeness (QED) is 0.762. The molecule has 2 rings (SSSR count). The smallest absolute Gasteiger partial charge is 0.123 e. The van der Waals surface area contributed by atoms with E-state index in [1.54, 1.807) is 12.1 Å². The monoisotopic (exact) mass is 281 g/mol. The first-order valence-corrected chi connectivity index (χ1v) is 7.31. The normalized spacial score (nSPS) is 17.3. The minimum atomic E-state index is -0.229. The van der Waals surface area contributed by atoms with E-state index >= 15 is 0 Å². The SMILES string of the molecule is NCCN1CCN(CCCOc2ccc(F)cc2)CC1. The van der Waals surface area contributed by atoms with Gasteiger partial charge in [0, 0.05) is 45.8 Å². The third kappa shape index (κ3) is 5.07. The molecule has 1 fully saturated rings. The zero-order valence-electron chi connectivity index (χ0n) is 11.9. The molecule has 0 bridgehead atoms. The Morgan fingerprint density at radius 3 is 2.20 bits per heavy atom. The molecule has 0 amide bonds. The van der Waals surface area contributed by atoms with E-state index in [1.165, 1.54) is 12.1 Å². The predicted octanol–water partition coefficient (Wildman–Crippen LogP) is 1.17. The van der Waals surface area contributed by atoms with E-state index in [2.05, 4.69) is 9.80 Å². The molecule has 1 aliphatic heterocycles. The van der Waals surface area contributed by atoms with Crippen LogP contribution in [0.1, 0.15) is 6.42 Å². The Bertz CT molecular complexity index is 377. The summed E-state index contributed by atoms with van der Waals surface area (Å²) in [7, 11) is 0. The van der Waals surface area contributed by atoms with Gasteiger partial charge in [0.05, 0.1) is 6.61 Å². The number of nitrogens with two attached hydrogens (primary N) is 1. The van der Waals surface area contributed by atoms with E-state index in [0.29, 0.717) is 6.61 Å². The van der Waals surface area contributed by atoms with Crippen LogP contribution in [0.2, 0.25) is 0 Å². The molecule has 0 unspecified atom stereocenters. The molecule has 4 nitrogen and oxygen atoms in total. The maximum atomic E-state index is 12.7. The topological polar surface area (TPSA) is 41.7 Å². The number of piperazine rings is 1. The zero-order chi connectivity index (χ0) is 14.2. The first-order valence-electron chi connectivity index (χ1n) is 7.31. The summed E-state index contributed by atoms with van der Waals surface area (Å²) < 4.78 is 18.3. The first-order chi connectivity index (χ1) is 9.78. The second-order valence-corrected chi connectivity index (χ2v) is 5.13. The first kappa shape index (κ1) is 15.2. The van der Waals surface area contributed by atoms with Crippen molar-refractivity contribution in [2.24, 2.45) is 5.73 Å². The number of hydrogen-bond acceptors (Lipinski definition) is 4. The fourth-order valence-corrected chi connectivity index (χ4v) is 2.43.